The normalized spacial score (nSPS) is 14.9. The summed E-state index contributed by atoms with van der Waals surface area (Å²) in [7, 11) is 0. The van der Waals surface area contributed by atoms with E-state index in [4.69, 9.17) is 10.5 Å². The van der Waals surface area contributed by atoms with Gasteiger partial charge in [0.25, 0.3) is 0 Å². The zero-order chi connectivity index (χ0) is 9.97. The maximum atomic E-state index is 5.89. The quantitative estimate of drug-likeness (QED) is 0.779. The van der Waals surface area contributed by atoms with Gasteiger partial charge < -0.3 is 10.5 Å². The minimum Gasteiger partial charge on any atom is -0.478 e. The van der Waals surface area contributed by atoms with Gasteiger partial charge in [-0.1, -0.05) is 0 Å². The van der Waals surface area contributed by atoms with Crippen molar-refractivity contribution in [3.63, 3.8) is 0 Å². The summed E-state index contributed by atoms with van der Waals surface area (Å²) in [4.78, 5) is 4.23. The average molecular weight is 192 g/mol. The van der Waals surface area contributed by atoms with Crippen LogP contribution in [0.2, 0.25) is 0 Å². The number of pyridine rings is 1. The molecule has 1 aromatic heterocycles. The van der Waals surface area contributed by atoms with E-state index in [1.165, 1.54) is 24.0 Å². The van der Waals surface area contributed by atoms with Crippen molar-refractivity contribution in [2.45, 2.75) is 32.6 Å². The van der Waals surface area contributed by atoms with Gasteiger partial charge in [-0.25, -0.2) is 4.98 Å². The Morgan fingerprint density at radius 2 is 2.07 bits per heavy atom. The fraction of sp³-hybridized carbons (Fsp3) is 0.545. The molecule has 1 heterocycles. The van der Waals surface area contributed by atoms with Gasteiger partial charge >= 0.3 is 0 Å². The summed E-state index contributed by atoms with van der Waals surface area (Å²) < 4.78 is 5.49. The van der Waals surface area contributed by atoms with Gasteiger partial charge in [0.05, 0.1) is 18.5 Å². The summed E-state index contributed by atoms with van der Waals surface area (Å²) in [6.45, 7) is 2.65. The molecule has 0 fully saturated rings. The number of nitrogens with two attached hydrogens (primary N) is 1. The fourth-order valence-electron chi connectivity index (χ4n) is 2.01. The molecule has 1 aliphatic carbocycles. The Labute approximate surface area is 84.3 Å². The van der Waals surface area contributed by atoms with E-state index in [1.54, 1.807) is 6.20 Å². The Kier molecular flexibility index (Phi) is 2.57. The molecule has 14 heavy (non-hydrogen) atoms. The van der Waals surface area contributed by atoms with Gasteiger partial charge in [-0.3, -0.25) is 0 Å². The highest BCUT2D eigenvalue weighted by atomic mass is 16.5. The molecule has 0 amide bonds. The van der Waals surface area contributed by atoms with Gasteiger partial charge in [-0.05, 0) is 38.2 Å². The highest BCUT2D eigenvalue weighted by molar-refractivity contribution is 5.53. The highest BCUT2D eigenvalue weighted by Gasteiger charge is 2.17. The Balaban J connectivity index is 2.42. The third-order valence-corrected chi connectivity index (χ3v) is 2.68. The summed E-state index contributed by atoms with van der Waals surface area (Å²) in [5, 5.41) is 0. The van der Waals surface area contributed by atoms with Gasteiger partial charge in [0.1, 0.15) is 0 Å². The average Bonchev–Trinajstić information content (AvgIpc) is 2.23. The lowest BCUT2D eigenvalue weighted by Crippen LogP contribution is -2.10. The van der Waals surface area contributed by atoms with E-state index >= 15 is 0 Å². The molecule has 0 radical (unpaired) electrons. The summed E-state index contributed by atoms with van der Waals surface area (Å²) in [6.07, 6.45) is 6.30. The number of nitrogens with zero attached hydrogens (tertiary/aromatic N) is 1. The Hall–Kier alpha value is -1.25. The van der Waals surface area contributed by atoms with Crippen LogP contribution in [0.5, 0.6) is 5.88 Å². The largest absolute Gasteiger partial charge is 0.478 e. The second-order valence-corrected chi connectivity index (χ2v) is 3.62. The monoisotopic (exact) mass is 192 g/mol. The van der Waals surface area contributed by atoms with Crippen LogP contribution in [0.3, 0.4) is 0 Å². The van der Waals surface area contributed by atoms with Gasteiger partial charge in [-0.15, -0.1) is 0 Å². The van der Waals surface area contributed by atoms with Crippen molar-refractivity contribution in [3.8, 4) is 5.88 Å². The first-order chi connectivity index (χ1) is 6.83. The number of fused-ring (bicyclic) bond motifs is 1. The van der Waals surface area contributed by atoms with E-state index in [-0.39, 0.29) is 0 Å². The molecule has 0 saturated carbocycles. The zero-order valence-electron chi connectivity index (χ0n) is 8.55. The standard InChI is InChI=1S/C11H16N2O/c1-2-14-11-9-6-4-3-5-8(9)10(12)7-13-11/h7H,2-6,12H2,1H3. The van der Waals surface area contributed by atoms with Crippen LogP contribution in [0.4, 0.5) is 5.69 Å². The molecular weight excluding hydrogens is 176 g/mol. The predicted octanol–water partition coefficient (Wildman–Crippen LogP) is 1.94. The number of hydrogen-bond acceptors (Lipinski definition) is 3. The van der Waals surface area contributed by atoms with Crippen LogP contribution in [0.25, 0.3) is 0 Å². The topological polar surface area (TPSA) is 48.1 Å². The SMILES string of the molecule is CCOc1ncc(N)c2c1CCCC2. The number of aromatic nitrogens is 1. The molecule has 2 N–H and O–H groups in total. The van der Waals surface area contributed by atoms with E-state index in [0.717, 1.165) is 24.4 Å². The third kappa shape index (κ3) is 1.54. The first-order valence-corrected chi connectivity index (χ1v) is 5.22. The molecule has 76 valence electrons. The van der Waals surface area contributed by atoms with Crippen LogP contribution in [-0.4, -0.2) is 11.6 Å². The van der Waals surface area contributed by atoms with Crippen molar-refractivity contribution < 1.29 is 4.74 Å². The first kappa shape index (κ1) is 9.31. The molecule has 3 heteroatoms. The lowest BCUT2D eigenvalue weighted by atomic mass is 9.92. The summed E-state index contributed by atoms with van der Waals surface area (Å²) in [5.74, 6) is 0.788. The summed E-state index contributed by atoms with van der Waals surface area (Å²) in [6, 6.07) is 0. The van der Waals surface area contributed by atoms with Crippen molar-refractivity contribution in [1.82, 2.24) is 4.98 Å². The molecule has 0 saturated heterocycles. The van der Waals surface area contributed by atoms with E-state index in [9.17, 15) is 0 Å². The van der Waals surface area contributed by atoms with Crippen LogP contribution in [0.1, 0.15) is 30.9 Å². The van der Waals surface area contributed by atoms with Crippen LogP contribution in [-0.2, 0) is 12.8 Å². The lowest BCUT2D eigenvalue weighted by molar-refractivity contribution is 0.321. The summed E-state index contributed by atoms with van der Waals surface area (Å²) >= 11 is 0. The molecule has 0 bridgehead atoms. The lowest BCUT2D eigenvalue weighted by Gasteiger charge is -2.19. The number of ether oxygens (including phenoxy) is 1. The molecule has 0 spiro atoms. The van der Waals surface area contributed by atoms with E-state index < -0.39 is 0 Å². The van der Waals surface area contributed by atoms with Gasteiger partial charge in [0.2, 0.25) is 5.88 Å². The maximum absolute atomic E-state index is 5.89. The van der Waals surface area contributed by atoms with Crippen LogP contribution in [0, 0.1) is 0 Å². The molecule has 0 aliphatic heterocycles. The van der Waals surface area contributed by atoms with Crippen LogP contribution >= 0.6 is 0 Å². The molecule has 0 atom stereocenters. The molecule has 2 rings (SSSR count). The smallest absolute Gasteiger partial charge is 0.216 e. The Bertz CT molecular complexity index is 336. The predicted molar refractivity (Wildman–Crippen MR) is 56.5 cm³/mol. The van der Waals surface area contributed by atoms with Crippen molar-refractivity contribution in [1.29, 1.82) is 0 Å². The van der Waals surface area contributed by atoms with Crippen molar-refractivity contribution in [2.75, 3.05) is 12.3 Å². The minimum atomic E-state index is 0.670. The molecule has 1 aliphatic rings. The third-order valence-electron chi connectivity index (χ3n) is 2.68. The molecule has 1 aromatic rings. The van der Waals surface area contributed by atoms with Crippen molar-refractivity contribution in [3.05, 3.63) is 17.3 Å². The van der Waals surface area contributed by atoms with Gasteiger partial charge in [0.15, 0.2) is 0 Å². The first-order valence-electron chi connectivity index (χ1n) is 5.22. The Morgan fingerprint density at radius 3 is 2.79 bits per heavy atom. The molecule has 0 unspecified atom stereocenters. The van der Waals surface area contributed by atoms with Crippen molar-refractivity contribution >= 4 is 5.69 Å². The zero-order valence-corrected chi connectivity index (χ0v) is 8.55. The minimum absolute atomic E-state index is 0.670. The second kappa shape index (κ2) is 3.86. The summed E-state index contributed by atoms with van der Waals surface area (Å²) in [5.41, 5.74) is 9.20. The number of anilines is 1. The number of rotatable bonds is 2. The highest BCUT2D eigenvalue weighted by Crippen LogP contribution is 2.31. The van der Waals surface area contributed by atoms with E-state index in [1.807, 2.05) is 6.92 Å². The van der Waals surface area contributed by atoms with Crippen LogP contribution in [0.15, 0.2) is 6.20 Å². The number of nitrogen functional groups attached to an aromatic ring is 1. The molecule has 3 nitrogen and oxygen atoms in total. The molecular formula is C11H16N2O. The number of hydrogen-bond donors (Lipinski definition) is 1. The maximum Gasteiger partial charge on any atom is 0.216 e. The van der Waals surface area contributed by atoms with Gasteiger partial charge in [-0.2, -0.15) is 0 Å². The van der Waals surface area contributed by atoms with E-state index in [2.05, 4.69) is 4.98 Å². The Morgan fingerprint density at radius 1 is 1.36 bits per heavy atom. The second-order valence-electron chi connectivity index (χ2n) is 3.62. The van der Waals surface area contributed by atoms with Crippen molar-refractivity contribution in [2.24, 2.45) is 0 Å². The van der Waals surface area contributed by atoms with E-state index in [0.29, 0.717) is 6.61 Å². The van der Waals surface area contributed by atoms with Crippen LogP contribution < -0.4 is 10.5 Å². The van der Waals surface area contributed by atoms with Gasteiger partial charge in [0, 0.05) is 5.56 Å². The molecule has 0 aromatic carbocycles. The fourth-order valence-corrected chi connectivity index (χ4v) is 2.01.